The molecule has 0 fully saturated rings. The minimum atomic E-state index is -0.675. The second-order valence-electron chi connectivity index (χ2n) is 6.20. The van der Waals surface area contributed by atoms with E-state index in [4.69, 9.17) is 14.0 Å². The average Bonchev–Trinajstić information content (AvgIpc) is 3.23. The Hall–Kier alpha value is -3.88. The third-order valence-corrected chi connectivity index (χ3v) is 4.61. The van der Waals surface area contributed by atoms with E-state index in [1.54, 1.807) is 50.4 Å². The molecule has 9 heteroatoms. The van der Waals surface area contributed by atoms with E-state index in [0.717, 1.165) is 0 Å². The predicted molar refractivity (Wildman–Crippen MR) is 106 cm³/mol. The fourth-order valence-corrected chi connectivity index (χ4v) is 3.24. The van der Waals surface area contributed by atoms with Gasteiger partial charge in [0.25, 0.3) is 5.89 Å². The molecular formula is C20H18N4O5. The highest BCUT2D eigenvalue weighted by molar-refractivity contribution is 5.80. The average molecular weight is 394 g/mol. The fourth-order valence-electron chi connectivity index (χ4n) is 3.24. The number of nitrogens with one attached hydrogen (secondary N) is 1. The van der Waals surface area contributed by atoms with Crippen LogP contribution in [0.3, 0.4) is 0 Å². The SMILES string of the molecule is CCn1c(=O)c(=O)[nH]c2cc(-c3noc(-c4cccc(OC)c4OC)n3)ccc21. The van der Waals surface area contributed by atoms with Gasteiger partial charge in [0.2, 0.25) is 5.82 Å². The number of rotatable bonds is 5. The molecule has 0 spiro atoms. The van der Waals surface area contributed by atoms with Crippen LogP contribution in [0.4, 0.5) is 0 Å². The number of aromatic nitrogens is 4. The van der Waals surface area contributed by atoms with E-state index in [0.29, 0.717) is 46.0 Å². The molecule has 0 aliphatic heterocycles. The van der Waals surface area contributed by atoms with Crippen LogP contribution in [0.25, 0.3) is 33.9 Å². The minimum absolute atomic E-state index is 0.267. The van der Waals surface area contributed by atoms with Crippen molar-refractivity contribution < 1.29 is 14.0 Å². The smallest absolute Gasteiger partial charge is 0.316 e. The van der Waals surface area contributed by atoms with Gasteiger partial charge in [-0.2, -0.15) is 4.98 Å². The standard InChI is InChI=1S/C20H18N4O5/c1-4-24-14-9-8-11(10-13(14)21-18(25)20(24)26)17-22-19(29-23-17)12-6-5-7-15(27-2)16(12)28-3/h5-10H,4H2,1-3H3,(H,21,25). The third-order valence-electron chi connectivity index (χ3n) is 4.61. The van der Waals surface area contributed by atoms with E-state index in [1.165, 1.54) is 11.7 Å². The Labute approximate surface area is 164 Å². The summed E-state index contributed by atoms with van der Waals surface area (Å²) in [5.41, 5.74) is 1.11. The van der Waals surface area contributed by atoms with Crippen molar-refractivity contribution in [3.63, 3.8) is 0 Å². The van der Waals surface area contributed by atoms with Gasteiger partial charge < -0.3 is 23.5 Å². The Morgan fingerprint density at radius 3 is 2.69 bits per heavy atom. The van der Waals surface area contributed by atoms with Crippen LogP contribution in [0, 0.1) is 0 Å². The summed E-state index contributed by atoms with van der Waals surface area (Å²) in [5.74, 6) is 1.63. The number of methoxy groups -OCH3 is 2. The van der Waals surface area contributed by atoms with Gasteiger partial charge in [0.1, 0.15) is 0 Å². The normalized spacial score (nSPS) is 11.0. The molecule has 0 bridgehead atoms. The molecule has 1 N–H and O–H groups in total. The second-order valence-corrected chi connectivity index (χ2v) is 6.20. The monoisotopic (exact) mass is 394 g/mol. The quantitative estimate of drug-likeness (QED) is 0.517. The minimum Gasteiger partial charge on any atom is -0.493 e. The summed E-state index contributed by atoms with van der Waals surface area (Å²) in [6, 6.07) is 10.6. The Morgan fingerprint density at radius 2 is 1.97 bits per heavy atom. The van der Waals surface area contributed by atoms with E-state index in [9.17, 15) is 9.59 Å². The summed E-state index contributed by atoms with van der Waals surface area (Å²) in [4.78, 5) is 31.0. The molecule has 29 heavy (non-hydrogen) atoms. The number of aryl methyl sites for hydroxylation is 1. The number of fused-ring (bicyclic) bond motifs is 1. The van der Waals surface area contributed by atoms with Gasteiger partial charge in [-0.3, -0.25) is 9.59 Å². The highest BCUT2D eigenvalue weighted by Gasteiger charge is 2.18. The van der Waals surface area contributed by atoms with Crippen molar-refractivity contribution in [1.29, 1.82) is 0 Å². The van der Waals surface area contributed by atoms with Crippen molar-refractivity contribution in [2.24, 2.45) is 0 Å². The summed E-state index contributed by atoms with van der Waals surface area (Å²) in [6.07, 6.45) is 0. The first-order chi connectivity index (χ1) is 14.1. The first-order valence-corrected chi connectivity index (χ1v) is 8.89. The summed E-state index contributed by atoms with van der Waals surface area (Å²) in [6.45, 7) is 2.20. The molecule has 0 atom stereocenters. The molecule has 0 aliphatic carbocycles. The number of hydrogen-bond donors (Lipinski definition) is 1. The lowest BCUT2D eigenvalue weighted by Crippen LogP contribution is -2.35. The van der Waals surface area contributed by atoms with Gasteiger partial charge in [-0.1, -0.05) is 11.2 Å². The topological polar surface area (TPSA) is 112 Å². The molecule has 9 nitrogen and oxygen atoms in total. The molecule has 148 valence electrons. The lowest BCUT2D eigenvalue weighted by Gasteiger charge is -2.09. The van der Waals surface area contributed by atoms with E-state index < -0.39 is 11.1 Å². The van der Waals surface area contributed by atoms with Crippen molar-refractivity contribution in [2.45, 2.75) is 13.5 Å². The Morgan fingerprint density at radius 1 is 1.14 bits per heavy atom. The molecule has 0 amide bonds. The molecule has 2 heterocycles. The lowest BCUT2D eigenvalue weighted by atomic mass is 10.1. The van der Waals surface area contributed by atoms with Crippen LogP contribution in [-0.2, 0) is 6.54 Å². The van der Waals surface area contributed by atoms with Crippen molar-refractivity contribution in [3.8, 4) is 34.3 Å². The van der Waals surface area contributed by atoms with E-state index >= 15 is 0 Å². The van der Waals surface area contributed by atoms with Crippen molar-refractivity contribution >= 4 is 11.0 Å². The van der Waals surface area contributed by atoms with E-state index in [-0.39, 0.29) is 5.89 Å². The van der Waals surface area contributed by atoms with Crippen LogP contribution in [-0.4, -0.2) is 33.9 Å². The fraction of sp³-hybridized carbons (Fsp3) is 0.200. The number of nitrogens with zero attached hydrogens (tertiary/aromatic N) is 3. The third kappa shape index (κ3) is 3.06. The number of hydrogen-bond acceptors (Lipinski definition) is 7. The molecule has 2 aromatic carbocycles. The van der Waals surface area contributed by atoms with Crippen molar-refractivity contribution in [3.05, 3.63) is 57.1 Å². The molecule has 4 rings (SSSR count). The van der Waals surface area contributed by atoms with E-state index in [2.05, 4.69) is 15.1 Å². The van der Waals surface area contributed by atoms with Crippen LogP contribution >= 0.6 is 0 Å². The maximum Gasteiger partial charge on any atom is 0.316 e. The number of para-hydroxylation sites is 1. The maximum absolute atomic E-state index is 12.0. The number of H-pyrrole nitrogens is 1. The number of ether oxygens (including phenoxy) is 2. The lowest BCUT2D eigenvalue weighted by molar-refractivity contribution is 0.353. The van der Waals surface area contributed by atoms with Gasteiger partial charge in [0.05, 0.1) is 30.8 Å². The summed E-state index contributed by atoms with van der Waals surface area (Å²) in [5, 5.41) is 4.04. The molecule has 0 saturated heterocycles. The van der Waals surface area contributed by atoms with Crippen molar-refractivity contribution in [2.75, 3.05) is 14.2 Å². The van der Waals surface area contributed by atoms with Gasteiger partial charge in [0, 0.05) is 12.1 Å². The number of benzene rings is 2. The molecular weight excluding hydrogens is 376 g/mol. The largest absolute Gasteiger partial charge is 0.493 e. The first-order valence-electron chi connectivity index (χ1n) is 8.89. The van der Waals surface area contributed by atoms with Gasteiger partial charge in [-0.25, -0.2) is 0 Å². The zero-order chi connectivity index (χ0) is 20.5. The molecule has 0 unspecified atom stereocenters. The van der Waals surface area contributed by atoms with Crippen LogP contribution < -0.4 is 20.6 Å². The van der Waals surface area contributed by atoms with Gasteiger partial charge in [0.15, 0.2) is 11.5 Å². The van der Waals surface area contributed by atoms with Crippen LogP contribution in [0.15, 0.2) is 50.5 Å². The Kier molecular flexibility index (Phi) is 4.63. The second kappa shape index (κ2) is 7.27. The van der Waals surface area contributed by atoms with Crippen LogP contribution in [0.2, 0.25) is 0 Å². The maximum atomic E-state index is 12.0. The molecule has 0 aliphatic rings. The highest BCUT2D eigenvalue weighted by Crippen LogP contribution is 2.37. The molecule has 0 radical (unpaired) electrons. The van der Waals surface area contributed by atoms with Crippen LogP contribution in [0.5, 0.6) is 11.5 Å². The van der Waals surface area contributed by atoms with E-state index in [1.807, 2.05) is 0 Å². The summed E-state index contributed by atoms with van der Waals surface area (Å²) >= 11 is 0. The predicted octanol–water partition coefficient (Wildman–Crippen LogP) is 2.44. The molecule has 0 saturated carbocycles. The Balaban J connectivity index is 1.81. The summed E-state index contributed by atoms with van der Waals surface area (Å²) in [7, 11) is 3.08. The van der Waals surface area contributed by atoms with Crippen molar-refractivity contribution in [1.82, 2.24) is 19.7 Å². The molecule has 4 aromatic rings. The van der Waals surface area contributed by atoms with Gasteiger partial charge in [-0.15, -0.1) is 0 Å². The van der Waals surface area contributed by atoms with Gasteiger partial charge in [-0.05, 0) is 37.3 Å². The first kappa shape index (κ1) is 18.5. The Bertz CT molecular complexity index is 1320. The van der Waals surface area contributed by atoms with Crippen LogP contribution in [0.1, 0.15) is 6.92 Å². The highest BCUT2D eigenvalue weighted by atomic mass is 16.5. The zero-order valence-electron chi connectivity index (χ0n) is 16.1. The number of aromatic amines is 1. The zero-order valence-corrected chi connectivity index (χ0v) is 16.1. The van der Waals surface area contributed by atoms with Gasteiger partial charge >= 0.3 is 11.1 Å². The summed E-state index contributed by atoms with van der Waals surface area (Å²) < 4.78 is 17.6. The molecule has 2 aromatic heterocycles.